The van der Waals surface area contributed by atoms with Crippen LogP contribution in [0, 0.1) is 0 Å². The van der Waals surface area contributed by atoms with Gasteiger partial charge in [0.1, 0.15) is 0 Å². The Hall–Kier alpha value is -0.510. The first-order valence-electron chi connectivity index (χ1n) is 5.35. The molecular weight excluding hydrogens is 204 g/mol. The average Bonchev–Trinajstić information content (AvgIpc) is 2.30. The van der Waals surface area contributed by atoms with Crippen molar-refractivity contribution in [3.63, 3.8) is 0 Å². The van der Waals surface area contributed by atoms with E-state index in [9.17, 15) is 0 Å². The lowest BCUT2D eigenvalue weighted by molar-refractivity contribution is 0.172. The Morgan fingerprint density at radius 1 is 1.20 bits per heavy atom. The Morgan fingerprint density at radius 2 is 1.93 bits per heavy atom. The van der Waals surface area contributed by atoms with Crippen molar-refractivity contribution < 1.29 is 0 Å². The minimum Gasteiger partial charge on any atom is -0.303 e. The van der Waals surface area contributed by atoms with E-state index in [1.807, 2.05) is 11.9 Å². The number of nitrogens with zero attached hydrogens (tertiary/aromatic N) is 2. The van der Waals surface area contributed by atoms with E-state index in [0.717, 1.165) is 13.1 Å². The van der Waals surface area contributed by atoms with Crippen LogP contribution in [0.2, 0.25) is 0 Å². The first kappa shape index (κ1) is 11.0. The number of hydrogen-bond acceptors (Lipinski definition) is 3. The SMILES string of the molecule is CSN1CCN(C)CC1c1ccccc1. The summed E-state index contributed by atoms with van der Waals surface area (Å²) in [7, 11) is 2.20. The molecule has 82 valence electrons. The molecule has 0 amide bonds. The maximum absolute atomic E-state index is 2.48. The van der Waals surface area contributed by atoms with Gasteiger partial charge in [-0.25, -0.2) is 4.31 Å². The number of benzene rings is 1. The van der Waals surface area contributed by atoms with Crippen LogP contribution in [0.3, 0.4) is 0 Å². The van der Waals surface area contributed by atoms with E-state index in [0.29, 0.717) is 6.04 Å². The van der Waals surface area contributed by atoms with Gasteiger partial charge in [0.15, 0.2) is 0 Å². The Labute approximate surface area is 96.4 Å². The van der Waals surface area contributed by atoms with Gasteiger partial charge >= 0.3 is 0 Å². The molecule has 1 fully saturated rings. The lowest BCUT2D eigenvalue weighted by atomic mass is 10.1. The Kier molecular flexibility index (Phi) is 3.67. The molecule has 1 aliphatic rings. The largest absolute Gasteiger partial charge is 0.303 e. The lowest BCUT2D eigenvalue weighted by Gasteiger charge is -2.38. The summed E-state index contributed by atoms with van der Waals surface area (Å²) >= 11 is 1.86. The van der Waals surface area contributed by atoms with Crippen LogP contribution in [0.15, 0.2) is 30.3 Å². The molecule has 1 aromatic carbocycles. The highest BCUT2D eigenvalue weighted by atomic mass is 32.2. The lowest BCUT2D eigenvalue weighted by Crippen LogP contribution is -2.43. The van der Waals surface area contributed by atoms with Gasteiger partial charge in [-0.3, -0.25) is 0 Å². The molecular formula is C12H18N2S. The van der Waals surface area contributed by atoms with Gasteiger partial charge in [0.2, 0.25) is 0 Å². The summed E-state index contributed by atoms with van der Waals surface area (Å²) in [5.74, 6) is 0. The highest BCUT2D eigenvalue weighted by Gasteiger charge is 2.25. The molecule has 15 heavy (non-hydrogen) atoms. The number of rotatable bonds is 2. The van der Waals surface area contributed by atoms with Crippen molar-refractivity contribution in [3.05, 3.63) is 35.9 Å². The van der Waals surface area contributed by atoms with Gasteiger partial charge in [-0.2, -0.15) is 0 Å². The zero-order valence-electron chi connectivity index (χ0n) is 9.39. The smallest absolute Gasteiger partial charge is 0.0579 e. The fourth-order valence-corrected chi connectivity index (χ4v) is 2.78. The van der Waals surface area contributed by atoms with E-state index in [4.69, 9.17) is 0 Å². The molecule has 1 saturated heterocycles. The monoisotopic (exact) mass is 222 g/mol. The van der Waals surface area contributed by atoms with Crippen molar-refractivity contribution >= 4 is 11.9 Å². The van der Waals surface area contributed by atoms with Crippen LogP contribution in [0.4, 0.5) is 0 Å². The first-order valence-corrected chi connectivity index (χ1v) is 6.53. The van der Waals surface area contributed by atoms with E-state index < -0.39 is 0 Å². The molecule has 1 unspecified atom stereocenters. The summed E-state index contributed by atoms with van der Waals surface area (Å²) in [4.78, 5) is 2.41. The van der Waals surface area contributed by atoms with Crippen LogP contribution >= 0.6 is 11.9 Å². The summed E-state index contributed by atoms with van der Waals surface area (Å²) < 4.78 is 2.48. The summed E-state index contributed by atoms with van der Waals surface area (Å²) in [6.07, 6.45) is 2.17. The van der Waals surface area contributed by atoms with Gasteiger partial charge in [-0.05, 0) is 18.9 Å². The molecule has 0 aliphatic carbocycles. The maximum atomic E-state index is 2.48. The molecule has 2 nitrogen and oxygen atoms in total. The van der Waals surface area contributed by atoms with E-state index in [2.05, 4.69) is 52.8 Å². The highest BCUT2D eigenvalue weighted by Crippen LogP contribution is 2.28. The quantitative estimate of drug-likeness (QED) is 0.709. The topological polar surface area (TPSA) is 6.48 Å². The second-order valence-electron chi connectivity index (χ2n) is 4.01. The van der Waals surface area contributed by atoms with Crippen LogP contribution in [-0.2, 0) is 0 Å². The Bertz CT molecular complexity index is 302. The minimum absolute atomic E-state index is 0.542. The zero-order valence-corrected chi connectivity index (χ0v) is 10.2. The molecule has 3 heteroatoms. The number of hydrogen-bond donors (Lipinski definition) is 0. The molecule has 0 radical (unpaired) electrons. The average molecular weight is 222 g/mol. The van der Waals surface area contributed by atoms with Crippen molar-refractivity contribution in [2.45, 2.75) is 6.04 Å². The standard InChI is InChI=1S/C12H18N2S/c1-13-8-9-14(15-2)12(10-13)11-6-4-3-5-7-11/h3-7,12H,8-10H2,1-2H3. The number of piperazine rings is 1. The van der Waals surface area contributed by atoms with Crippen molar-refractivity contribution in [2.75, 3.05) is 32.9 Å². The van der Waals surface area contributed by atoms with Crippen LogP contribution in [0.5, 0.6) is 0 Å². The molecule has 0 saturated carbocycles. The van der Waals surface area contributed by atoms with Crippen molar-refractivity contribution in [2.24, 2.45) is 0 Å². The molecule has 2 rings (SSSR count). The Morgan fingerprint density at radius 3 is 2.60 bits per heavy atom. The van der Waals surface area contributed by atoms with Gasteiger partial charge in [-0.1, -0.05) is 42.3 Å². The molecule has 1 aliphatic heterocycles. The fraction of sp³-hybridized carbons (Fsp3) is 0.500. The fourth-order valence-electron chi connectivity index (χ4n) is 2.07. The van der Waals surface area contributed by atoms with Gasteiger partial charge in [0.25, 0.3) is 0 Å². The summed E-state index contributed by atoms with van der Waals surface area (Å²) in [6, 6.07) is 11.3. The second-order valence-corrected chi connectivity index (χ2v) is 4.85. The van der Waals surface area contributed by atoms with Gasteiger partial charge < -0.3 is 4.90 Å². The van der Waals surface area contributed by atoms with Crippen molar-refractivity contribution in [3.8, 4) is 0 Å². The third-order valence-corrected chi connectivity index (χ3v) is 3.86. The molecule has 0 spiro atoms. The molecule has 1 heterocycles. The highest BCUT2D eigenvalue weighted by molar-refractivity contribution is 7.96. The van der Waals surface area contributed by atoms with Gasteiger partial charge in [-0.15, -0.1) is 0 Å². The van der Waals surface area contributed by atoms with E-state index >= 15 is 0 Å². The molecule has 1 aromatic rings. The number of likely N-dealkylation sites (N-methyl/N-ethyl adjacent to an activating group) is 1. The third kappa shape index (κ3) is 2.54. The summed E-state index contributed by atoms with van der Waals surface area (Å²) in [5.41, 5.74) is 1.43. The molecule has 0 aromatic heterocycles. The second kappa shape index (κ2) is 5.01. The van der Waals surface area contributed by atoms with Crippen molar-refractivity contribution in [1.82, 2.24) is 9.21 Å². The van der Waals surface area contributed by atoms with Crippen LogP contribution < -0.4 is 0 Å². The van der Waals surface area contributed by atoms with Crippen molar-refractivity contribution in [1.29, 1.82) is 0 Å². The molecule has 0 N–H and O–H groups in total. The summed E-state index contributed by atoms with van der Waals surface area (Å²) in [6.45, 7) is 3.45. The van der Waals surface area contributed by atoms with Crippen LogP contribution in [0.1, 0.15) is 11.6 Å². The molecule has 0 bridgehead atoms. The van der Waals surface area contributed by atoms with E-state index in [1.165, 1.54) is 12.1 Å². The normalized spacial score (nSPS) is 24.3. The van der Waals surface area contributed by atoms with Gasteiger partial charge in [0.05, 0.1) is 6.04 Å². The third-order valence-electron chi connectivity index (χ3n) is 2.95. The molecule has 1 atom stereocenters. The zero-order chi connectivity index (χ0) is 10.7. The maximum Gasteiger partial charge on any atom is 0.0579 e. The predicted octanol–water partition coefficient (Wildman–Crippen LogP) is 2.25. The van der Waals surface area contributed by atoms with Crippen LogP contribution in [0.25, 0.3) is 0 Å². The van der Waals surface area contributed by atoms with E-state index in [1.54, 1.807) is 0 Å². The predicted molar refractivity (Wildman–Crippen MR) is 66.9 cm³/mol. The van der Waals surface area contributed by atoms with E-state index in [-0.39, 0.29) is 0 Å². The minimum atomic E-state index is 0.542. The van der Waals surface area contributed by atoms with Gasteiger partial charge in [0, 0.05) is 19.6 Å². The first-order chi connectivity index (χ1) is 7.31. The Balaban J connectivity index is 2.17. The van der Waals surface area contributed by atoms with Crippen LogP contribution in [-0.4, -0.2) is 42.1 Å². The summed E-state index contributed by atoms with van der Waals surface area (Å²) in [5, 5.41) is 0.